The van der Waals surface area contributed by atoms with E-state index in [0.717, 1.165) is 3.63 Å². The minimum absolute atomic E-state index is 0.205. The van der Waals surface area contributed by atoms with E-state index in [1.54, 1.807) is 14.4 Å². The van der Waals surface area contributed by atoms with E-state index in [-0.39, 0.29) is 22.8 Å². The van der Waals surface area contributed by atoms with E-state index in [4.69, 9.17) is 0 Å². The van der Waals surface area contributed by atoms with Gasteiger partial charge in [0.25, 0.3) is 0 Å². The maximum absolute atomic E-state index is 2.38. The summed E-state index contributed by atoms with van der Waals surface area (Å²) in [4.78, 5) is 0. The third-order valence-electron chi connectivity index (χ3n) is 2.15. The molecule has 1 unspecified atom stereocenters. The molecule has 1 heterocycles. The normalized spacial score (nSPS) is 27.1. The van der Waals surface area contributed by atoms with Crippen LogP contribution in [0.4, 0.5) is 0 Å². The van der Waals surface area contributed by atoms with Gasteiger partial charge in [0, 0.05) is 0 Å². The minimum atomic E-state index is -0.205. The van der Waals surface area contributed by atoms with Crippen molar-refractivity contribution in [1.29, 1.82) is 0 Å². The van der Waals surface area contributed by atoms with E-state index in [9.17, 15) is 0 Å². The molecule has 9 heavy (non-hydrogen) atoms. The summed E-state index contributed by atoms with van der Waals surface area (Å²) in [5.41, 5.74) is 3.29. The molecule has 0 nitrogen and oxygen atoms in total. The Kier molecular flexibility index (Phi) is 2.21. The first-order chi connectivity index (χ1) is 4.13. The van der Waals surface area contributed by atoms with E-state index in [1.807, 2.05) is 0 Å². The second kappa shape index (κ2) is 2.62. The quantitative estimate of drug-likeness (QED) is 0.600. The van der Waals surface area contributed by atoms with Gasteiger partial charge >= 0.3 is 68.4 Å². The van der Waals surface area contributed by atoms with E-state index in [0.29, 0.717) is 0 Å². The molecule has 1 aliphatic rings. The molecule has 50 valence electrons. The third-order valence-corrected chi connectivity index (χ3v) is 7.97. The van der Waals surface area contributed by atoms with Crippen molar-refractivity contribution < 1.29 is 0 Å². The summed E-state index contributed by atoms with van der Waals surface area (Å²) in [5.74, 6) is 0. The zero-order chi connectivity index (χ0) is 7.02. The number of rotatable bonds is 0. The average molecular weight is 318 g/mol. The van der Waals surface area contributed by atoms with Crippen molar-refractivity contribution in [3.05, 3.63) is 11.1 Å². The molecule has 0 fully saturated rings. The van der Waals surface area contributed by atoms with Crippen molar-refractivity contribution in [2.45, 2.75) is 31.3 Å². The Labute approximate surface area is 68.4 Å². The predicted octanol–water partition coefficient (Wildman–Crippen LogP) is 2.04. The van der Waals surface area contributed by atoms with Gasteiger partial charge in [-0.15, -0.1) is 0 Å². The van der Waals surface area contributed by atoms with Crippen molar-refractivity contribution in [2.24, 2.45) is 0 Å². The fourth-order valence-corrected chi connectivity index (χ4v) is 6.29. The fourth-order valence-electron chi connectivity index (χ4n) is 1.08. The van der Waals surface area contributed by atoms with Crippen molar-refractivity contribution in [1.82, 2.24) is 0 Å². The third kappa shape index (κ3) is 1.32. The zero-order valence-corrected chi connectivity index (χ0v) is 10.0. The monoisotopic (exact) mass is 318 g/mol. The number of allylic oxidation sites excluding steroid dienone is 2. The Morgan fingerprint density at radius 1 is 1.22 bits per heavy atom. The van der Waals surface area contributed by atoms with Crippen molar-refractivity contribution in [2.75, 3.05) is 0 Å². The Hall–Kier alpha value is 0.493. The van der Waals surface area contributed by atoms with Crippen LogP contribution in [0.2, 0.25) is 3.63 Å². The van der Waals surface area contributed by atoms with E-state index >= 15 is 0 Å². The van der Waals surface area contributed by atoms with Crippen molar-refractivity contribution in [3.63, 3.8) is 0 Å². The number of hydrogen-bond donors (Lipinski definition) is 0. The van der Waals surface area contributed by atoms with Gasteiger partial charge in [-0.3, -0.25) is 0 Å². The van der Waals surface area contributed by atoms with Gasteiger partial charge in [0.2, 0.25) is 0 Å². The molecular formula is C8H13Bi. The van der Waals surface area contributed by atoms with Crippen LogP contribution in [0.5, 0.6) is 0 Å². The summed E-state index contributed by atoms with van der Waals surface area (Å²) in [5, 5.41) is 0. The van der Waals surface area contributed by atoms with Crippen LogP contribution >= 0.6 is 0 Å². The Bertz CT molecular complexity index is 187. The van der Waals surface area contributed by atoms with Crippen LogP contribution in [0.15, 0.2) is 11.1 Å². The SMILES string of the molecule is C[C]1=[Bi][CH](C)C(C)=C1C. The van der Waals surface area contributed by atoms with Crippen LogP contribution in [-0.2, 0) is 0 Å². The van der Waals surface area contributed by atoms with Crippen molar-refractivity contribution in [3.8, 4) is 0 Å². The van der Waals surface area contributed by atoms with Crippen LogP contribution in [0.25, 0.3) is 0 Å². The molecule has 0 aromatic heterocycles. The summed E-state index contributed by atoms with van der Waals surface area (Å²) in [7, 11) is 0. The van der Waals surface area contributed by atoms with E-state index in [1.165, 1.54) is 0 Å². The van der Waals surface area contributed by atoms with Gasteiger partial charge < -0.3 is 0 Å². The number of hydrogen-bond acceptors (Lipinski definition) is 0. The molecule has 0 aromatic carbocycles. The Morgan fingerprint density at radius 3 is 1.89 bits per heavy atom. The first-order valence-electron chi connectivity index (χ1n) is 3.35. The Morgan fingerprint density at radius 2 is 1.78 bits per heavy atom. The van der Waals surface area contributed by atoms with E-state index < -0.39 is 0 Å². The molecule has 0 saturated carbocycles. The maximum atomic E-state index is 2.38. The van der Waals surface area contributed by atoms with Gasteiger partial charge in [-0.25, -0.2) is 0 Å². The summed E-state index contributed by atoms with van der Waals surface area (Å²) >= 11 is -0.205. The average Bonchev–Trinajstić information content (AvgIpc) is 1.98. The molecule has 0 saturated heterocycles. The molecule has 1 aliphatic heterocycles. The first-order valence-corrected chi connectivity index (χ1v) is 7.09. The van der Waals surface area contributed by atoms with Crippen LogP contribution in [0.1, 0.15) is 27.7 Å². The molecule has 0 aliphatic carbocycles. The van der Waals surface area contributed by atoms with Gasteiger partial charge in [-0.05, 0) is 0 Å². The summed E-state index contributed by atoms with van der Waals surface area (Å²) < 4.78 is 2.75. The van der Waals surface area contributed by atoms with Crippen molar-refractivity contribution >= 4 is 26.0 Å². The summed E-state index contributed by atoms with van der Waals surface area (Å²) in [6.07, 6.45) is 0. The molecular weight excluding hydrogens is 305 g/mol. The van der Waals surface area contributed by atoms with Gasteiger partial charge in [0.15, 0.2) is 0 Å². The molecule has 0 radical (unpaired) electrons. The second-order valence-corrected chi connectivity index (χ2v) is 9.32. The predicted molar refractivity (Wildman–Crippen MR) is 44.2 cm³/mol. The second-order valence-electron chi connectivity index (χ2n) is 2.70. The molecule has 0 bridgehead atoms. The molecule has 0 aromatic rings. The topological polar surface area (TPSA) is 0 Å². The van der Waals surface area contributed by atoms with Gasteiger partial charge in [-0.1, -0.05) is 0 Å². The van der Waals surface area contributed by atoms with Crippen LogP contribution in [-0.4, -0.2) is 26.0 Å². The summed E-state index contributed by atoms with van der Waals surface area (Å²) in [6.45, 7) is 9.27. The molecule has 1 rings (SSSR count). The van der Waals surface area contributed by atoms with E-state index in [2.05, 4.69) is 27.7 Å². The molecule has 0 N–H and O–H groups in total. The molecule has 1 atom stereocenters. The standard InChI is InChI=1S/C8H13.Bi/c1-5-7(3)8(4)6-2;/h5H,1-4H3;. The molecule has 0 amide bonds. The molecule has 1 heteroatoms. The first kappa shape index (κ1) is 7.60. The zero-order valence-electron chi connectivity index (χ0n) is 6.52. The van der Waals surface area contributed by atoms with Gasteiger partial charge in [0.05, 0.1) is 0 Å². The van der Waals surface area contributed by atoms with Gasteiger partial charge in [0.1, 0.15) is 0 Å². The van der Waals surface area contributed by atoms with Crippen LogP contribution in [0.3, 0.4) is 0 Å². The molecule has 0 spiro atoms. The Balaban J connectivity index is 2.97. The van der Waals surface area contributed by atoms with Gasteiger partial charge in [-0.2, -0.15) is 0 Å². The van der Waals surface area contributed by atoms with Crippen LogP contribution in [0, 0.1) is 0 Å². The van der Waals surface area contributed by atoms with Crippen LogP contribution < -0.4 is 0 Å². The fraction of sp³-hybridized carbons (Fsp3) is 0.625. The summed E-state index contributed by atoms with van der Waals surface area (Å²) in [6, 6.07) is 0.